The van der Waals surface area contributed by atoms with Crippen LogP contribution >= 0.6 is 15.9 Å². The molecule has 21 heavy (non-hydrogen) atoms. The zero-order chi connectivity index (χ0) is 14.7. The fraction of sp³-hybridized carbons (Fsp3) is 0.294. The zero-order valence-electron chi connectivity index (χ0n) is 11.7. The molecule has 0 saturated heterocycles. The van der Waals surface area contributed by atoms with Gasteiger partial charge in [-0.2, -0.15) is 0 Å². The lowest BCUT2D eigenvalue weighted by molar-refractivity contribution is -0.130. The Balaban J connectivity index is 1.73. The number of benzene rings is 1. The van der Waals surface area contributed by atoms with Gasteiger partial charge in [0, 0.05) is 23.4 Å². The molecule has 1 aliphatic carbocycles. The van der Waals surface area contributed by atoms with Gasteiger partial charge in [-0.3, -0.25) is 9.78 Å². The summed E-state index contributed by atoms with van der Waals surface area (Å²) < 4.78 is 1.04. The van der Waals surface area contributed by atoms with E-state index in [0.29, 0.717) is 6.54 Å². The highest BCUT2D eigenvalue weighted by molar-refractivity contribution is 9.10. The van der Waals surface area contributed by atoms with Gasteiger partial charge < -0.3 is 5.32 Å². The second-order valence-electron chi connectivity index (χ2n) is 5.49. The van der Waals surface area contributed by atoms with Crippen molar-refractivity contribution in [3.8, 4) is 0 Å². The van der Waals surface area contributed by atoms with Crippen molar-refractivity contribution in [2.45, 2.75) is 31.2 Å². The second kappa shape index (κ2) is 5.98. The third-order valence-corrected chi connectivity index (χ3v) is 4.74. The summed E-state index contributed by atoms with van der Waals surface area (Å²) in [5.41, 5.74) is 1.79. The van der Waals surface area contributed by atoms with Crippen LogP contribution in [0.25, 0.3) is 0 Å². The van der Waals surface area contributed by atoms with Crippen LogP contribution in [0.5, 0.6) is 0 Å². The lowest BCUT2D eigenvalue weighted by Crippen LogP contribution is -2.48. The van der Waals surface area contributed by atoms with Crippen molar-refractivity contribution in [2.24, 2.45) is 0 Å². The molecule has 1 fully saturated rings. The van der Waals surface area contributed by atoms with Gasteiger partial charge in [0.15, 0.2) is 0 Å². The normalized spacial score (nSPS) is 16.0. The molecule has 1 amide bonds. The monoisotopic (exact) mass is 344 g/mol. The third kappa shape index (κ3) is 2.86. The standard InChI is InChI=1S/C17H17BrN2O/c18-15-6-4-14(5-7-15)17(8-2-9-17)16(21)20-12-13-3-1-10-19-11-13/h1,3-7,10-11H,2,8-9,12H2,(H,20,21). The van der Waals surface area contributed by atoms with Crippen LogP contribution in [0.15, 0.2) is 53.3 Å². The van der Waals surface area contributed by atoms with Crippen molar-refractivity contribution in [2.75, 3.05) is 0 Å². The molecule has 0 unspecified atom stereocenters. The molecule has 0 radical (unpaired) electrons. The molecule has 0 atom stereocenters. The van der Waals surface area contributed by atoms with E-state index in [1.165, 1.54) is 0 Å². The van der Waals surface area contributed by atoms with E-state index in [0.717, 1.165) is 34.9 Å². The second-order valence-corrected chi connectivity index (χ2v) is 6.40. The quantitative estimate of drug-likeness (QED) is 0.920. The van der Waals surface area contributed by atoms with Crippen LogP contribution in [-0.2, 0) is 16.8 Å². The summed E-state index contributed by atoms with van der Waals surface area (Å²) in [6, 6.07) is 12.0. The number of halogens is 1. The molecular formula is C17H17BrN2O. The summed E-state index contributed by atoms with van der Waals surface area (Å²) >= 11 is 3.44. The molecular weight excluding hydrogens is 328 g/mol. The molecule has 0 bridgehead atoms. The highest BCUT2D eigenvalue weighted by atomic mass is 79.9. The maximum absolute atomic E-state index is 12.7. The molecule has 1 heterocycles. The van der Waals surface area contributed by atoms with Gasteiger partial charge in [-0.15, -0.1) is 0 Å². The first kappa shape index (κ1) is 14.3. The van der Waals surface area contributed by atoms with Crippen molar-refractivity contribution in [3.05, 3.63) is 64.4 Å². The highest BCUT2D eigenvalue weighted by Gasteiger charge is 2.45. The van der Waals surface area contributed by atoms with Gasteiger partial charge in [0.2, 0.25) is 5.91 Å². The number of hydrogen-bond donors (Lipinski definition) is 1. The molecule has 3 nitrogen and oxygen atoms in total. The van der Waals surface area contributed by atoms with E-state index in [1.807, 2.05) is 36.4 Å². The molecule has 3 rings (SSSR count). The summed E-state index contributed by atoms with van der Waals surface area (Å²) in [6.45, 7) is 0.533. The van der Waals surface area contributed by atoms with Crippen LogP contribution < -0.4 is 5.32 Å². The Morgan fingerprint density at radius 2 is 2.00 bits per heavy atom. The minimum absolute atomic E-state index is 0.125. The van der Waals surface area contributed by atoms with Gasteiger partial charge in [-0.05, 0) is 42.2 Å². The number of carbonyl (C=O) groups is 1. The van der Waals surface area contributed by atoms with Crippen molar-refractivity contribution in [3.63, 3.8) is 0 Å². The van der Waals surface area contributed by atoms with Crippen LogP contribution in [-0.4, -0.2) is 10.9 Å². The third-order valence-electron chi connectivity index (χ3n) is 4.21. The smallest absolute Gasteiger partial charge is 0.230 e. The number of hydrogen-bond acceptors (Lipinski definition) is 2. The van der Waals surface area contributed by atoms with Gasteiger partial charge in [0.25, 0.3) is 0 Å². The van der Waals surface area contributed by atoms with Gasteiger partial charge in [-0.25, -0.2) is 0 Å². The Hall–Kier alpha value is -1.68. The van der Waals surface area contributed by atoms with Crippen LogP contribution in [0.4, 0.5) is 0 Å². The predicted molar refractivity (Wildman–Crippen MR) is 85.8 cm³/mol. The number of nitrogens with one attached hydrogen (secondary N) is 1. The summed E-state index contributed by atoms with van der Waals surface area (Å²) in [5.74, 6) is 0.125. The first-order valence-electron chi connectivity index (χ1n) is 7.14. The summed E-state index contributed by atoms with van der Waals surface area (Å²) in [4.78, 5) is 16.7. The fourth-order valence-corrected chi connectivity index (χ4v) is 3.06. The van der Waals surface area contributed by atoms with E-state index < -0.39 is 0 Å². The van der Waals surface area contributed by atoms with Gasteiger partial charge >= 0.3 is 0 Å². The minimum atomic E-state index is -0.344. The minimum Gasteiger partial charge on any atom is -0.351 e. The predicted octanol–water partition coefficient (Wildman–Crippen LogP) is 3.58. The Morgan fingerprint density at radius 1 is 1.24 bits per heavy atom. The molecule has 0 aliphatic heterocycles. The van der Waals surface area contributed by atoms with E-state index in [4.69, 9.17) is 0 Å². The van der Waals surface area contributed by atoms with Crippen LogP contribution in [0.1, 0.15) is 30.4 Å². The lowest BCUT2D eigenvalue weighted by Gasteiger charge is -2.40. The maximum Gasteiger partial charge on any atom is 0.230 e. The molecule has 108 valence electrons. The molecule has 1 aromatic heterocycles. The first-order valence-corrected chi connectivity index (χ1v) is 7.93. The first-order chi connectivity index (χ1) is 10.2. The van der Waals surface area contributed by atoms with E-state index in [9.17, 15) is 4.79 Å². The van der Waals surface area contributed by atoms with E-state index in [1.54, 1.807) is 12.4 Å². The highest BCUT2D eigenvalue weighted by Crippen LogP contribution is 2.44. The molecule has 1 aliphatic rings. The number of aromatic nitrogens is 1. The van der Waals surface area contributed by atoms with Gasteiger partial charge in [0.05, 0.1) is 5.41 Å². The van der Waals surface area contributed by atoms with Crippen molar-refractivity contribution < 1.29 is 4.79 Å². The number of pyridine rings is 1. The molecule has 1 N–H and O–H groups in total. The number of rotatable bonds is 4. The van der Waals surface area contributed by atoms with E-state index in [2.05, 4.69) is 26.2 Å². The van der Waals surface area contributed by atoms with Crippen molar-refractivity contribution in [1.82, 2.24) is 10.3 Å². The summed E-state index contributed by atoms with van der Waals surface area (Å²) in [6.07, 6.45) is 6.48. The van der Waals surface area contributed by atoms with Crippen molar-refractivity contribution in [1.29, 1.82) is 0 Å². The molecule has 2 aromatic rings. The molecule has 1 aromatic carbocycles. The van der Waals surface area contributed by atoms with Gasteiger partial charge in [-0.1, -0.05) is 40.5 Å². The lowest BCUT2D eigenvalue weighted by atomic mass is 9.64. The van der Waals surface area contributed by atoms with E-state index >= 15 is 0 Å². The zero-order valence-corrected chi connectivity index (χ0v) is 13.3. The number of carbonyl (C=O) groups excluding carboxylic acids is 1. The Morgan fingerprint density at radius 3 is 2.57 bits per heavy atom. The topological polar surface area (TPSA) is 42.0 Å². The Labute approximate surface area is 132 Å². The van der Waals surface area contributed by atoms with E-state index in [-0.39, 0.29) is 11.3 Å². The Kier molecular flexibility index (Phi) is 4.06. The van der Waals surface area contributed by atoms with Crippen LogP contribution in [0.2, 0.25) is 0 Å². The molecule has 4 heteroatoms. The Bertz CT molecular complexity index is 621. The van der Waals surface area contributed by atoms with Crippen molar-refractivity contribution >= 4 is 21.8 Å². The largest absolute Gasteiger partial charge is 0.351 e. The van der Waals surface area contributed by atoms with Gasteiger partial charge in [0.1, 0.15) is 0 Å². The average Bonchev–Trinajstić information content (AvgIpc) is 2.47. The maximum atomic E-state index is 12.7. The average molecular weight is 345 g/mol. The summed E-state index contributed by atoms with van der Waals surface area (Å²) in [7, 11) is 0. The SMILES string of the molecule is O=C(NCc1cccnc1)C1(c2ccc(Br)cc2)CCC1. The molecule has 0 spiro atoms. The summed E-state index contributed by atoms with van der Waals surface area (Å²) in [5, 5.41) is 3.06. The number of amides is 1. The number of nitrogens with zero attached hydrogens (tertiary/aromatic N) is 1. The molecule has 1 saturated carbocycles. The van der Waals surface area contributed by atoms with Crippen LogP contribution in [0, 0.1) is 0 Å². The fourth-order valence-electron chi connectivity index (χ4n) is 2.80. The van der Waals surface area contributed by atoms with Crippen LogP contribution in [0.3, 0.4) is 0 Å².